The maximum absolute atomic E-state index is 2.44. The van der Waals surface area contributed by atoms with E-state index in [1.165, 1.54) is 25.7 Å². The van der Waals surface area contributed by atoms with Crippen LogP contribution in [0.5, 0.6) is 0 Å². The van der Waals surface area contributed by atoms with Gasteiger partial charge in [-0.1, -0.05) is 34.6 Å². The Labute approximate surface area is 102 Å². The molecule has 0 N–H and O–H groups in total. The molecule has 0 amide bonds. The Morgan fingerprint density at radius 2 is 1.50 bits per heavy atom. The molecule has 0 saturated heterocycles. The van der Waals surface area contributed by atoms with E-state index < -0.39 is 0 Å². The van der Waals surface area contributed by atoms with Gasteiger partial charge in [0.15, 0.2) is 0 Å². The van der Waals surface area contributed by atoms with E-state index in [9.17, 15) is 0 Å². The fraction of sp³-hybridized carbons (Fsp3) is 1.00. The quantitative estimate of drug-likeness (QED) is 0.577. The molecule has 0 nitrogen and oxygen atoms in total. The van der Waals surface area contributed by atoms with Crippen LogP contribution in [0.15, 0.2) is 0 Å². The summed E-state index contributed by atoms with van der Waals surface area (Å²) in [6.45, 7) is 12.2. The lowest BCUT2D eigenvalue weighted by molar-refractivity contribution is 0.114. The summed E-state index contributed by atoms with van der Waals surface area (Å²) >= 11 is 0. The molecule has 2 aliphatic carbocycles. The highest BCUT2D eigenvalue weighted by Gasteiger charge is 2.41. The van der Waals surface area contributed by atoms with Gasteiger partial charge in [0.1, 0.15) is 0 Å². The van der Waals surface area contributed by atoms with Crippen LogP contribution in [0.3, 0.4) is 0 Å². The normalized spacial score (nSPS) is 40.1. The van der Waals surface area contributed by atoms with Crippen molar-refractivity contribution in [1.29, 1.82) is 0 Å². The lowest BCUT2D eigenvalue weighted by atomic mass is 9.66. The van der Waals surface area contributed by atoms with Crippen LogP contribution in [0.1, 0.15) is 66.7 Å². The molecule has 0 aromatic carbocycles. The van der Waals surface area contributed by atoms with Crippen LogP contribution in [0.4, 0.5) is 0 Å². The van der Waals surface area contributed by atoms with Gasteiger partial charge in [0.05, 0.1) is 0 Å². The minimum absolute atomic E-state index is 0.543. The molecule has 2 fully saturated rings. The summed E-state index contributed by atoms with van der Waals surface area (Å²) in [5.41, 5.74) is 0.543. The first-order chi connectivity index (χ1) is 7.38. The molecule has 2 rings (SSSR count). The average Bonchev–Trinajstić information content (AvgIpc) is 2.58. The molecule has 94 valence electrons. The molecule has 0 heteroatoms. The number of hydrogen-bond acceptors (Lipinski definition) is 0. The zero-order chi connectivity index (χ0) is 11.9. The molecule has 4 unspecified atom stereocenters. The van der Waals surface area contributed by atoms with Crippen molar-refractivity contribution in [2.75, 3.05) is 0 Å². The zero-order valence-electron chi connectivity index (χ0n) is 11.9. The van der Waals surface area contributed by atoms with Crippen LogP contribution in [-0.2, 0) is 0 Å². The first-order valence-corrected chi connectivity index (χ1v) is 7.38. The fourth-order valence-corrected chi connectivity index (χ4v) is 4.13. The van der Waals surface area contributed by atoms with Gasteiger partial charge in [0.25, 0.3) is 0 Å². The maximum Gasteiger partial charge on any atom is -0.0354 e. The highest BCUT2D eigenvalue weighted by molar-refractivity contribution is 4.92. The summed E-state index contributed by atoms with van der Waals surface area (Å²) in [5, 5.41) is 0. The van der Waals surface area contributed by atoms with Gasteiger partial charge in [0, 0.05) is 0 Å². The van der Waals surface area contributed by atoms with Crippen molar-refractivity contribution in [2.45, 2.75) is 66.7 Å². The second-order valence-electron chi connectivity index (χ2n) is 7.87. The van der Waals surface area contributed by atoms with Gasteiger partial charge in [-0.25, -0.2) is 0 Å². The Hall–Kier alpha value is 0. The van der Waals surface area contributed by atoms with Crippen LogP contribution in [0.2, 0.25) is 0 Å². The second-order valence-corrected chi connectivity index (χ2v) is 7.87. The molecule has 4 atom stereocenters. The number of fused-ring (bicyclic) bond motifs is 1. The predicted molar refractivity (Wildman–Crippen MR) is 71.3 cm³/mol. The van der Waals surface area contributed by atoms with Crippen LogP contribution >= 0.6 is 0 Å². The highest BCUT2D eigenvalue weighted by Crippen LogP contribution is 2.52. The molecule has 0 spiro atoms. The first kappa shape index (κ1) is 12.5. The average molecular weight is 222 g/mol. The molecule has 2 aliphatic rings. The highest BCUT2D eigenvalue weighted by atomic mass is 14.5. The Morgan fingerprint density at radius 1 is 0.875 bits per heavy atom. The number of hydrogen-bond donors (Lipinski definition) is 0. The van der Waals surface area contributed by atoms with Crippen molar-refractivity contribution in [1.82, 2.24) is 0 Å². The first-order valence-electron chi connectivity index (χ1n) is 7.38. The van der Waals surface area contributed by atoms with Gasteiger partial charge in [0.2, 0.25) is 0 Å². The standard InChI is InChI=1S/C16H30/c1-11(2)13-8-12-6-7-15(16(3,4)5)10-14(12)9-13/h11-15H,6-10H2,1-5H3. The second kappa shape index (κ2) is 4.35. The van der Waals surface area contributed by atoms with Crippen LogP contribution < -0.4 is 0 Å². The van der Waals surface area contributed by atoms with E-state index >= 15 is 0 Å². The van der Waals surface area contributed by atoms with Crippen molar-refractivity contribution < 1.29 is 0 Å². The van der Waals surface area contributed by atoms with E-state index in [0.717, 1.165) is 29.6 Å². The third-order valence-electron chi connectivity index (χ3n) is 5.52. The predicted octanol–water partition coefficient (Wildman–Crippen LogP) is 5.13. The number of rotatable bonds is 1. The maximum atomic E-state index is 2.44. The van der Waals surface area contributed by atoms with E-state index in [1.807, 2.05) is 0 Å². The van der Waals surface area contributed by atoms with Gasteiger partial charge in [-0.2, -0.15) is 0 Å². The van der Waals surface area contributed by atoms with Gasteiger partial charge in [-0.3, -0.25) is 0 Å². The molecule has 2 saturated carbocycles. The van der Waals surface area contributed by atoms with Crippen LogP contribution in [-0.4, -0.2) is 0 Å². The van der Waals surface area contributed by atoms with Crippen molar-refractivity contribution in [2.24, 2.45) is 35.0 Å². The van der Waals surface area contributed by atoms with Crippen molar-refractivity contribution in [3.63, 3.8) is 0 Å². The van der Waals surface area contributed by atoms with E-state index in [4.69, 9.17) is 0 Å². The molecule has 0 aromatic heterocycles. The van der Waals surface area contributed by atoms with Crippen molar-refractivity contribution >= 4 is 0 Å². The largest absolute Gasteiger partial charge is 0.0625 e. The zero-order valence-corrected chi connectivity index (χ0v) is 11.9. The van der Waals surface area contributed by atoms with E-state index in [1.54, 1.807) is 6.42 Å². The summed E-state index contributed by atoms with van der Waals surface area (Å²) in [5.74, 6) is 5.10. The lowest BCUT2D eigenvalue weighted by Gasteiger charge is -2.39. The summed E-state index contributed by atoms with van der Waals surface area (Å²) in [6.07, 6.45) is 7.62. The van der Waals surface area contributed by atoms with E-state index in [0.29, 0.717) is 5.41 Å². The molecule has 16 heavy (non-hydrogen) atoms. The molecule has 0 heterocycles. The minimum Gasteiger partial charge on any atom is -0.0625 e. The topological polar surface area (TPSA) is 0 Å². The minimum atomic E-state index is 0.543. The fourth-order valence-electron chi connectivity index (χ4n) is 4.13. The third-order valence-corrected chi connectivity index (χ3v) is 5.52. The molecular formula is C16H30. The summed E-state index contributed by atoms with van der Waals surface area (Å²) in [7, 11) is 0. The monoisotopic (exact) mass is 222 g/mol. The van der Waals surface area contributed by atoms with Crippen LogP contribution in [0, 0.1) is 35.0 Å². The summed E-state index contributed by atoms with van der Waals surface area (Å²) < 4.78 is 0. The van der Waals surface area contributed by atoms with Gasteiger partial charge < -0.3 is 0 Å². The Balaban J connectivity index is 1.96. The Kier molecular flexibility index (Phi) is 3.39. The van der Waals surface area contributed by atoms with E-state index in [2.05, 4.69) is 34.6 Å². The third kappa shape index (κ3) is 2.46. The smallest absolute Gasteiger partial charge is 0.0354 e. The van der Waals surface area contributed by atoms with Gasteiger partial charge in [-0.05, 0) is 67.1 Å². The van der Waals surface area contributed by atoms with Gasteiger partial charge in [-0.15, -0.1) is 0 Å². The SMILES string of the molecule is CC(C)C1CC2CCC(C(C)(C)C)CC2C1. The molecular weight excluding hydrogens is 192 g/mol. The van der Waals surface area contributed by atoms with Crippen molar-refractivity contribution in [3.05, 3.63) is 0 Å². The van der Waals surface area contributed by atoms with Crippen LogP contribution in [0.25, 0.3) is 0 Å². The van der Waals surface area contributed by atoms with E-state index in [-0.39, 0.29) is 0 Å². The van der Waals surface area contributed by atoms with Crippen molar-refractivity contribution in [3.8, 4) is 0 Å². The molecule has 0 aromatic rings. The van der Waals surface area contributed by atoms with Gasteiger partial charge >= 0.3 is 0 Å². The summed E-state index contributed by atoms with van der Waals surface area (Å²) in [6, 6.07) is 0. The Bertz CT molecular complexity index is 233. The molecule has 0 radical (unpaired) electrons. The molecule has 0 bridgehead atoms. The summed E-state index contributed by atoms with van der Waals surface area (Å²) in [4.78, 5) is 0. The molecule has 0 aliphatic heterocycles. The Morgan fingerprint density at radius 3 is 2.06 bits per heavy atom. The lowest BCUT2D eigenvalue weighted by Crippen LogP contribution is -2.29.